The molecule has 2 amide bonds. The van der Waals surface area contributed by atoms with Crippen LogP contribution in [0.3, 0.4) is 0 Å². The maximum Gasteiger partial charge on any atom is 0.407 e. The summed E-state index contributed by atoms with van der Waals surface area (Å²) >= 11 is 0. The van der Waals surface area contributed by atoms with Gasteiger partial charge in [-0.2, -0.15) is 0 Å². The first-order valence-corrected chi connectivity index (χ1v) is 8.97. The van der Waals surface area contributed by atoms with Crippen LogP contribution < -0.4 is 10.6 Å². The molecule has 2 atom stereocenters. The van der Waals surface area contributed by atoms with Gasteiger partial charge in [-0.05, 0) is 19.3 Å². The Labute approximate surface area is 144 Å². The Hall–Kier alpha value is -1.74. The molecule has 0 aromatic heterocycles. The molecule has 0 bridgehead atoms. The number of fused-ring (bicyclic) bond motifs is 1. The zero-order chi connectivity index (χ0) is 17.2. The van der Waals surface area contributed by atoms with E-state index in [1.807, 2.05) is 6.92 Å². The van der Waals surface area contributed by atoms with Crippen molar-refractivity contribution in [1.29, 1.82) is 0 Å². The molecule has 6 heteroatoms. The van der Waals surface area contributed by atoms with Crippen LogP contribution >= 0.6 is 0 Å². The van der Waals surface area contributed by atoms with Crippen molar-refractivity contribution >= 4 is 12.0 Å². The number of amides is 2. The van der Waals surface area contributed by atoms with E-state index < -0.39 is 0 Å². The summed E-state index contributed by atoms with van der Waals surface area (Å²) in [6, 6.07) is 0. The van der Waals surface area contributed by atoms with Gasteiger partial charge in [0, 0.05) is 44.2 Å². The lowest BCUT2D eigenvalue weighted by Gasteiger charge is -2.08. The number of ether oxygens (including phenoxy) is 2. The quantitative estimate of drug-likeness (QED) is 0.497. The van der Waals surface area contributed by atoms with Gasteiger partial charge in [0.2, 0.25) is 5.91 Å². The first-order chi connectivity index (χ1) is 11.7. The molecular weight excluding hydrogens is 308 g/mol. The highest BCUT2D eigenvalue weighted by Gasteiger charge is 2.52. The molecule has 1 fully saturated rings. The van der Waals surface area contributed by atoms with E-state index in [4.69, 9.17) is 9.47 Å². The Morgan fingerprint density at radius 1 is 1.04 bits per heavy atom. The maximum absolute atomic E-state index is 11.8. The number of hydrogen-bond donors (Lipinski definition) is 2. The highest BCUT2D eigenvalue weighted by atomic mass is 16.6. The van der Waals surface area contributed by atoms with Gasteiger partial charge in [-0.1, -0.05) is 6.92 Å². The summed E-state index contributed by atoms with van der Waals surface area (Å²) in [6.07, 6.45) is 4.95. The molecule has 1 saturated carbocycles. The second-order valence-electron chi connectivity index (χ2n) is 6.27. The Kier molecular flexibility index (Phi) is 7.90. The van der Waals surface area contributed by atoms with E-state index >= 15 is 0 Å². The molecule has 0 saturated heterocycles. The van der Waals surface area contributed by atoms with Crippen molar-refractivity contribution in [3.05, 3.63) is 0 Å². The Bertz CT molecular complexity index is 465. The summed E-state index contributed by atoms with van der Waals surface area (Å²) in [5.74, 6) is 7.32. The van der Waals surface area contributed by atoms with E-state index in [9.17, 15) is 9.59 Å². The molecule has 134 valence electrons. The first kappa shape index (κ1) is 18.6. The lowest BCUT2D eigenvalue weighted by atomic mass is 10.1. The predicted octanol–water partition coefficient (Wildman–Crippen LogP) is 1.84. The Morgan fingerprint density at radius 3 is 2.29 bits per heavy atom. The number of carbonyl (C=O) groups is 2. The molecule has 2 aliphatic rings. The van der Waals surface area contributed by atoms with Gasteiger partial charge in [-0.25, -0.2) is 4.79 Å². The fraction of sp³-hybridized carbons (Fsp3) is 0.778. The smallest absolute Gasteiger partial charge is 0.407 e. The number of nitrogens with one attached hydrogen (secondary N) is 2. The van der Waals surface area contributed by atoms with E-state index in [2.05, 4.69) is 22.5 Å². The minimum absolute atomic E-state index is 0.0469. The van der Waals surface area contributed by atoms with E-state index in [1.54, 1.807) is 0 Å². The van der Waals surface area contributed by atoms with Gasteiger partial charge in [0.05, 0.1) is 13.2 Å². The molecule has 2 aliphatic carbocycles. The standard InChI is InChI=1S/C18H28N2O4/c1-2-7-16(21)19-10-12-23-13-11-20-18(22)24-17-14-8-5-3-4-6-9-15(14)17/h14-15,17H,2,5-13H2,1H3,(H,19,21)(H,20,22). The van der Waals surface area contributed by atoms with Crippen LogP contribution in [0.15, 0.2) is 0 Å². The number of carbonyl (C=O) groups excluding carboxylic acids is 2. The zero-order valence-corrected chi connectivity index (χ0v) is 14.4. The van der Waals surface area contributed by atoms with E-state index in [0.29, 0.717) is 44.6 Å². The van der Waals surface area contributed by atoms with Crippen LogP contribution in [-0.4, -0.2) is 44.4 Å². The SMILES string of the molecule is CCCC(=O)NCCOCCNC(=O)OC1C2CCC#CCCC21. The van der Waals surface area contributed by atoms with Gasteiger partial charge >= 0.3 is 6.09 Å². The summed E-state index contributed by atoms with van der Waals surface area (Å²) in [5, 5.41) is 5.48. The largest absolute Gasteiger partial charge is 0.446 e. The second kappa shape index (κ2) is 10.2. The van der Waals surface area contributed by atoms with Crippen LogP contribution in [0.25, 0.3) is 0 Å². The third-order valence-corrected chi connectivity index (χ3v) is 4.39. The van der Waals surface area contributed by atoms with Crippen molar-refractivity contribution in [3.8, 4) is 11.8 Å². The zero-order valence-electron chi connectivity index (χ0n) is 14.4. The van der Waals surface area contributed by atoms with Crippen LogP contribution in [0.2, 0.25) is 0 Å². The number of rotatable bonds is 9. The van der Waals surface area contributed by atoms with Crippen LogP contribution in [0.4, 0.5) is 4.79 Å². The first-order valence-electron chi connectivity index (χ1n) is 8.97. The van der Waals surface area contributed by atoms with Crippen molar-refractivity contribution in [1.82, 2.24) is 10.6 Å². The molecule has 6 nitrogen and oxygen atoms in total. The van der Waals surface area contributed by atoms with Crippen molar-refractivity contribution in [2.75, 3.05) is 26.3 Å². The van der Waals surface area contributed by atoms with E-state index in [-0.39, 0.29) is 18.1 Å². The summed E-state index contributed by atoms with van der Waals surface area (Å²) in [5.41, 5.74) is 0. The lowest BCUT2D eigenvalue weighted by molar-refractivity contribution is -0.121. The van der Waals surface area contributed by atoms with Crippen molar-refractivity contribution in [2.24, 2.45) is 11.8 Å². The fourth-order valence-corrected chi connectivity index (χ4v) is 3.07. The molecule has 2 unspecified atom stereocenters. The van der Waals surface area contributed by atoms with Gasteiger partial charge in [0.15, 0.2) is 0 Å². The topological polar surface area (TPSA) is 76.7 Å². The summed E-state index contributed by atoms with van der Waals surface area (Å²) < 4.78 is 10.8. The van der Waals surface area contributed by atoms with Gasteiger partial charge in [0.1, 0.15) is 6.10 Å². The van der Waals surface area contributed by atoms with Crippen molar-refractivity contribution in [3.63, 3.8) is 0 Å². The normalized spacial score (nSPS) is 24.5. The highest BCUT2D eigenvalue weighted by molar-refractivity contribution is 5.75. The average Bonchev–Trinajstić information content (AvgIpc) is 3.15. The molecular formula is C18H28N2O4. The monoisotopic (exact) mass is 336 g/mol. The summed E-state index contributed by atoms with van der Waals surface area (Å²) in [4.78, 5) is 23.0. The predicted molar refractivity (Wildman–Crippen MR) is 90.2 cm³/mol. The van der Waals surface area contributed by atoms with Gasteiger partial charge < -0.3 is 20.1 Å². The molecule has 24 heavy (non-hydrogen) atoms. The Balaban J connectivity index is 1.45. The van der Waals surface area contributed by atoms with Crippen molar-refractivity contribution in [2.45, 2.75) is 51.6 Å². The fourth-order valence-electron chi connectivity index (χ4n) is 3.07. The maximum atomic E-state index is 11.8. The molecule has 0 aromatic rings. The van der Waals surface area contributed by atoms with Crippen molar-refractivity contribution < 1.29 is 19.1 Å². The minimum atomic E-state index is -0.368. The molecule has 0 spiro atoms. The molecule has 0 radical (unpaired) electrons. The van der Waals surface area contributed by atoms with E-state index in [0.717, 1.165) is 32.1 Å². The number of hydrogen-bond acceptors (Lipinski definition) is 4. The third kappa shape index (κ3) is 6.40. The molecule has 2 N–H and O–H groups in total. The van der Waals surface area contributed by atoms with Crippen LogP contribution in [-0.2, 0) is 14.3 Å². The van der Waals surface area contributed by atoms with Crippen LogP contribution in [0.1, 0.15) is 45.4 Å². The molecule has 2 rings (SSSR count). The lowest BCUT2D eigenvalue weighted by Crippen LogP contribution is -2.31. The number of alkyl carbamates (subject to hydrolysis) is 1. The Morgan fingerprint density at radius 2 is 1.67 bits per heavy atom. The van der Waals surface area contributed by atoms with Gasteiger partial charge in [-0.3, -0.25) is 4.79 Å². The van der Waals surface area contributed by atoms with Gasteiger partial charge in [-0.15, -0.1) is 11.8 Å². The molecule has 0 aromatic carbocycles. The average molecular weight is 336 g/mol. The highest BCUT2D eigenvalue weighted by Crippen LogP contribution is 2.48. The molecule has 0 heterocycles. The van der Waals surface area contributed by atoms with Crippen LogP contribution in [0, 0.1) is 23.7 Å². The third-order valence-electron chi connectivity index (χ3n) is 4.39. The summed E-state index contributed by atoms with van der Waals surface area (Å²) in [6.45, 7) is 3.72. The van der Waals surface area contributed by atoms with Gasteiger partial charge in [0.25, 0.3) is 0 Å². The molecule has 0 aliphatic heterocycles. The van der Waals surface area contributed by atoms with Crippen LogP contribution in [0.5, 0.6) is 0 Å². The minimum Gasteiger partial charge on any atom is -0.446 e. The summed E-state index contributed by atoms with van der Waals surface area (Å²) in [7, 11) is 0. The van der Waals surface area contributed by atoms with E-state index in [1.165, 1.54) is 0 Å². The second-order valence-corrected chi connectivity index (χ2v) is 6.27.